The molecule has 7 heteroatoms. The summed E-state index contributed by atoms with van der Waals surface area (Å²) < 4.78 is 52.4. The SMILES string of the molecule is Cc1ccc(S(=O)(=O)OC[C@@H]2CCS(=O)(=O)[C@H](C)C2)cc1. The minimum absolute atomic E-state index is 0.0378. The van der Waals surface area contributed by atoms with Crippen LogP contribution in [0.4, 0.5) is 0 Å². The van der Waals surface area contributed by atoms with Crippen molar-refractivity contribution in [3.05, 3.63) is 29.8 Å². The highest BCUT2D eigenvalue weighted by Gasteiger charge is 2.31. The van der Waals surface area contributed by atoms with E-state index in [9.17, 15) is 16.8 Å². The summed E-state index contributed by atoms with van der Waals surface area (Å²) in [6.07, 6.45) is 0.905. The van der Waals surface area contributed by atoms with Crippen LogP contribution in [-0.4, -0.2) is 34.4 Å². The Bertz CT molecular complexity index is 689. The lowest BCUT2D eigenvalue weighted by molar-refractivity contribution is 0.236. The van der Waals surface area contributed by atoms with Crippen LogP contribution in [0.5, 0.6) is 0 Å². The van der Waals surface area contributed by atoms with Crippen molar-refractivity contribution in [2.75, 3.05) is 12.4 Å². The van der Waals surface area contributed by atoms with Crippen molar-refractivity contribution in [3.8, 4) is 0 Å². The molecule has 0 N–H and O–H groups in total. The Balaban J connectivity index is 1.98. The Morgan fingerprint density at radius 1 is 1.24 bits per heavy atom. The van der Waals surface area contributed by atoms with Gasteiger partial charge in [-0.15, -0.1) is 0 Å². The Kier molecular flexibility index (Phi) is 4.75. The van der Waals surface area contributed by atoms with Crippen LogP contribution in [0.25, 0.3) is 0 Å². The molecule has 1 heterocycles. The predicted octanol–water partition coefficient (Wildman–Crippen LogP) is 1.91. The first-order chi connectivity index (χ1) is 9.71. The monoisotopic (exact) mass is 332 g/mol. The van der Waals surface area contributed by atoms with Crippen LogP contribution < -0.4 is 0 Å². The molecule has 0 amide bonds. The third-order valence-corrected chi connectivity index (χ3v) is 7.38. The van der Waals surface area contributed by atoms with Crippen LogP contribution in [0.2, 0.25) is 0 Å². The zero-order chi connectivity index (χ0) is 15.7. The molecule has 1 aromatic rings. The van der Waals surface area contributed by atoms with Gasteiger partial charge in [0.1, 0.15) is 0 Å². The minimum atomic E-state index is -3.77. The molecule has 0 saturated carbocycles. The highest BCUT2D eigenvalue weighted by Crippen LogP contribution is 2.26. The first-order valence-electron chi connectivity index (χ1n) is 6.88. The summed E-state index contributed by atoms with van der Waals surface area (Å²) in [5.74, 6) is 0.0657. The summed E-state index contributed by atoms with van der Waals surface area (Å²) in [6.45, 7) is 3.58. The van der Waals surface area contributed by atoms with Gasteiger partial charge in [0.2, 0.25) is 0 Å². The predicted molar refractivity (Wildman–Crippen MR) is 80.3 cm³/mol. The highest BCUT2D eigenvalue weighted by atomic mass is 32.2. The van der Waals surface area contributed by atoms with Crippen molar-refractivity contribution >= 4 is 20.0 Å². The molecule has 0 aliphatic carbocycles. The van der Waals surface area contributed by atoms with Gasteiger partial charge in [-0.1, -0.05) is 17.7 Å². The lowest BCUT2D eigenvalue weighted by Gasteiger charge is -2.26. The first-order valence-corrected chi connectivity index (χ1v) is 10.0. The number of hydrogen-bond donors (Lipinski definition) is 0. The lowest BCUT2D eigenvalue weighted by atomic mass is 10.0. The molecule has 2 atom stereocenters. The van der Waals surface area contributed by atoms with E-state index in [0.29, 0.717) is 12.8 Å². The third kappa shape index (κ3) is 4.05. The molecule has 1 saturated heterocycles. The van der Waals surface area contributed by atoms with Gasteiger partial charge in [0.25, 0.3) is 10.1 Å². The van der Waals surface area contributed by atoms with Gasteiger partial charge in [0, 0.05) is 0 Å². The Morgan fingerprint density at radius 2 is 1.86 bits per heavy atom. The van der Waals surface area contributed by atoms with E-state index in [0.717, 1.165) is 5.56 Å². The number of hydrogen-bond acceptors (Lipinski definition) is 5. The van der Waals surface area contributed by atoms with Gasteiger partial charge in [0.05, 0.1) is 22.5 Å². The maximum Gasteiger partial charge on any atom is 0.296 e. The molecule has 2 rings (SSSR count). The third-order valence-electron chi connectivity index (χ3n) is 3.86. The zero-order valence-corrected chi connectivity index (χ0v) is 13.8. The fourth-order valence-corrected chi connectivity index (χ4v) is 4.98. The van der Waals surface area contributed by atoms with Gasteiger partial charge >= 0.3 is 0 Å². The van der Waals surface area contributed by atoms with Crippen molar-refractivity contribution in [3.63, 3.8) is 0 Å². The molecule has 0 bridgehead atoms. The van der Waals surface area contributed by atoms with E-state index in [1.54, 1.807) is 19.1 Å². The van der Waals surface area contributed by atoms with Crippen molar-refractivity contribution < 1.29 is 21.0 Å². The number of sulfone groups is 1. The largest absolute Gasteiger partial charge is 0.296 e. The molecule has 0 spiro atoms. The van der Waals surface area contributed by atoms with Crippen molar-refractivity contribution in [1.82, 2.24) is 0 Å². The normalized spacial score (nSPS) is 25.6. The smallest absolute Gasteiger partial charge is 0.266 e. The van der Waals surface area contributed by atoms with Gasteiger partial charge in [0.15, 0.2) is 9.84 Å². The maximum atomic E-state index is 12.1. The van der Waals surface area contributed by atoms with Crippen LogP contribution in [0, 0.1) is 12.8 Å². The molecule has 1 aliphatic heterocycles. The van der Waals surface area contributed by atoms with E-state index in [1.165, 1.54) is 12.1 Å². The van der Waals surface area contributed by atoms with E-state index >= 15 is 0 Å². The van der Waals surface area contributed by atoms with Gasteiger partial charge in [-0.25, -0.2) is 8.42 Å². The minimum Gasteiger partial charge on any atom is -0.266 e. The molecule has 0 radical (unpaired) electrons. The molecule has 5 nitrogen and oxygen atoms in total. The van der Waals surface area contributed by atoms with Gasteiger partial charge in [-0.3, -0.25) is 4.18 Å². The van der Waals surface area contributed by atoms with Crippen molar-refractivity contribution in [1.29, 1.82) is 0 Å². The number of rotatable bonds is 4. The average molecular weight is 332 g/mol. The molecule has 1 fully saturated rings. The number of benzene rings is 1. The fraction of sp³-hybridized carbons (Fsp3) is 0.571. The zero-order valence-electron chi connectivity index (χ0n) is 12.2. The fourth-order valence-electron chi connectivity index (χ4n) is 2.38. The highest BCUT2D eigenvalue weighted by molar-refractivity contribution is 7.92. The summed E-state index contributed by atoms with van der Waals surface area (Å²) in [5, 5.41) is -0.429. The van der Waals surface area contributed by atoms with Crippen molar-refractivity contribution in [2.45, 2.75) is 36.8 Å². The average Bonchev–Trinajstić information content (AvgIpc) is 2.41. The summed E-state index contributed by atoms with van der Waals surface area (Å²) in [4.78, 5) is 0.129. The van der Waals surface area contributed by atoms with Gasteiger partial charge < -0.3 is 0 Å². The van der Waals surface area contributed by atoms with E-state index in [4.69, 9.17) is 4.18 Å². The standard InChI is InChI=1S/C14H20O5S2/c1-11-3-5-14(6-4-11)21(17,18)19-10-13-7-8-20(15,16)12(2)9-13/h3-6,12-13H,7-10H2,1-2H3/t12-,13-/m1/s1. The van der Waals surface area contributed by atoms with Crippen LogP contribution in [0.1, 0.15) is 25.3 Å². The summed E-state index contributed by atoms with van der Waals surface area (Å²) in [7, 11) is -6.78. The van der Waals surface area contributed by atoms with Crippen molar-refractivity contribution in [2.24, 2.45) is 5.92 Å². The lowest BCUT2D eigenvalue weighted by Crippen LogP contribution is -2.33. The van der Waals surface area contributed by atoms with Gasteiger partial charge in [-0.2, -0.15) is 8.42 Å². The molecule has 21 heavy (non-hydrogen) atoms. The topological polar surface area (TPSA) is 77.5 Å². The van der Waals surface area contributed by atoms with E-state index < -0.39 is 25.2 Å². The van der Waals surface area contributed by atoms with Crippen LogP contribution in [-0.2, 0) is 24.1 Å². The number of aryl methyl sites for hydroxylation is 1. The quantitative estimate of drug-likeness (QED) is 0.787. The van der Waals surface area contributed by atoms with E-state index in [2.05, 4.69) is 0 Å². The maximum absolute atomic E-state index is 12.1. The van der Waals surface area contributed by atoms with Crippen LogP contribution >= 0.6 is 0 Å². The summed E-state index contributed by atoms with van der Waals surface area (Å²) in [5.41, 5.74) is 0.972. The Labute approximate surface area is 126 Å². The molecule has 0 unspecified atom stereocenters. The van der Waals surface area contributed by atoms with E-state index in [-0.39, 0.29) is 23.2 Å². The molecule has 118 valence electrons. The second-order valence-electron chi connectivity index (χ2n) is 5.62. The molecule has 0 aromatic heterocycles. The molecular weight excluding hydrogens is 312 g/mol. The van der Waals surface area contributed by atoms with E-state index in [1.807, 2.05) is 6.92 Å². The summed E-state index contributed by atoms with van der Waals surface area (Å²) in [6, 6.07) is 6.45. The first kappa shape index (κ1) is 16.5. The van der Waals surface area contributed by atoms with Gasteiger partial charge in [-0.05, 0) is 44.7 Å². The van der Waals surface area contributed by atoms with Crippen LogP contribution in [0.3, 0.4) is 0 Å². The van der Waals surface area contributed by atoms with Crippen LogP contribution in [0.15, 0.2) is 29.2 Å². The molecule has 1 aromatic carbocycles. The molecular formula is C14H20O5S2. The Morgan fingerprint density at radius 3 is 2.43 bits per heavy atom. The second-order valence-corrected chi connectivity index (χ2v) is 9.77. The second kappa shape index (κ2) is 6.06. The summed E-state index contributed by atoms with van der Waals surface area (Å²) >= 11 is 0. The Hall–Kier alpha value is -0.920. The molecule has 1 aliphatic rings.